The maximum atomic E-state index is 13.8. The van der Waals surface area contributed by atoms with Crippen LogP contribution in [0.4, 0.5) is 11.9 Å². The van der Waals surface area contributed by atoms with Crippen LogP contribution in [0.2, 0.25) is 0 Å². The van der Waals surface area contributed by atoms with E-state index >= 15 is 0 Å². The number of anilines is 2. The highest BCUT2D eigenvalue weighted by Gasteiger charge is 2.30. The third-order valence-electron chi connectivity index (χ3n) is 10.4. The summed E-state index contributed by atoms with van der Waals surface area (Å²) in [6.45, 7) is 9.85. The number of fused-ring (bicyclic) bond motifs is 2. The molecule has 6 heterocycles. The van der Waals surface area contributed by atoms with Crippen molar-refractivity contribution >= 4 is 57.6 Å². The van der Waals surface area contributed by atoms with Crippen LogP contribution in [0.25, 0.3) is 22.1 Å². The van der Waals surface area contributed by atoms with E-state index in [0.29, 0.717) is 108 Å². The second-order valence-corrected chi connectivity index (χ2v) is 14.6. The number of hydrogen-bond donors (Lipinski definition) is 5. The molecule has 2 aliphatic heterocycles. The number of benzene rings is 2. The number of amides is 4. The lowest BCUT2D eigenvalue weighted by Gasteiger charge is -2.19. The van der Waals surface area contributed by atoms with E-state index in [2.05, 4.69) is 26.1 Å². The summed E-state index contributed by atoms with van der Waals surface area (Å²) in [5.41, 5.74) is 16.1. The normalized spacial score (nSPS) is 16.9. The van der Waals surface area contributed by atoms with E-state index in [9.17, 15) is 19.2 Å². The number of rotatable bonds is 8. The average molecular weight is 792 g/mol. The van der Waals surface area contributed by atoms with Crippen molar-refractivity contribution in [2.45, 2.75) is 85.3 Å². The summed E-state index contributed by atoms with van der Waals surface area (Å²) in [5, 5.41) is 18.3. The predicted octanol–water partition coefficient (Wildman–Crippen LogP) is 3.12. The van der Waals surface area contributed by atoms with Crippen LogP contribution in [0.1, 0.15) is 86.2 Å². The average Bonchev–Trinajstić information content (AvgIpc) is 4.02. The highest BCUT2D eigenvalue weighted by atomic mass is 16.5. The van der Waals surface area contributed by atoms with Gasteiger partial charge in [-0.05, 0) is 76.9 Å². The molecule has 1 saturated heterocycles. The van der Waals surface area contributed by atoms with Gasteiger partial charge >= 0.3 is 0 Å². The molecule has 0 saturated carbocycles. The lowest BCUT2D eigenvalue weighted by Crippen LogP contribution is -2.28. The zero-order valence-electron chi connectivity index (χ0n) is 32.7. The topological polar surface area (TPSA) is 246 Å². The Bertz CT molecular complexity index is 2620. The Balaban J connectivity index is 1.21. The van der Waals surface area contributed by atoms with Gasteiger partial charge in [0, 0.05) is 56.3 Å². The Hall–Kier alpha value is -6.76. The van der Waals surface area contributed by atoms with E-state index < -0.39 is 23.6 Å². The van der Waals surface area contributed by atoms with Crippen molar-refractivity contribution in [3.05, 3.63) is 70.3 Å². The van der Waals surface area contributed by atoms with Gasteiger partial charge in [0.05, 0.1) is 22.4 Å². The number of hydrogen-bond acceptors (Lipinski definition) is 11. The van der Waals surface area contributed by atoms with Crippen LogP contribution >= 0.6 is 0 Å². The monoisotopic (exact) mass is 791 g/mol. The smallest absolute Gasteiger partial charge is 0.276 e. The van der Waals surface area contributed by atoms with Gasteiger partial charge in [0.15, 0.2) is 0 Å². The summed E-state index contributed by atoms with van der Waals surface area (Å²) in [7, 11) is 0. The molecule has 1 fully saturated rings. The van der Waals surface area contributed by atoms with E-state index in [1.165, 1.54) is 0 Å². The Morgan fingerprint density at radius 3 is 1.76 bits per heavy atom. The summed E-state index contributed by atoms with van der Waals surface area (Å²) in [6.07, 6.45) is 1.30. The lowest BCUT2D eigenvalue weighted by molar-refractivity contribution is 0.0991. The minimum absolute atomic E-state index is 0.167. The van der Waals surface area contributed by atoms with Gasteiger partial charge in [0.1, 0.15) is 46.6 Å². The first-order valence-electron chi connectivity index (χ1n) is 19.3. The van der Waals surface area contributed by atoms with Gasteiger partial charge in [0.2, 0.25) is 23.7 Å². The number of carbonyl (C=O) groups excluding carboxylic acids is 4. The van der Waals surface area contributed by atoms with Crippen molar-refractivity contribution in [1.82, 2.24) is 44.0 Å². The molecule has 4 amide bonds. The number of nitrogens with one attached hydrogen (secondary N) is 3. The second-order valence-electron chi connectivity index (χ2n) is 14.6. The molecule has 0 unspecified atom stereocenters. The summed E-state index contributed by atoms with van der Waals surface area (Å²) in [6, 6.07) is 9.66. The predicted molar refractivity (Wildman–Crippen MR) is 213 cm³/mol. The standard InChI is InChI=1S/C39H45N13O6/c1-5-51-28(11-20(3)47-51)36(55)45-38-43-26-13-22(34(40)53)15-30-32(26)49(38)9-7-8-10-50-33-27(44-39(50)46-37(56)29-12-21(4)48-52(29)6-2)14-23(35(41)54)16-31(33)58-25-17-24(19-57-30)42-18-25/h11-16,24-25,42H,5-10,17-19H2,1-4H3,(H2,40,53)(H2,41,54)(H,43,45,55)(H,44,46,56)/t24-,25-/m1/s1. The fourth-order valence-corrected chi connectivity index (χ4v) is 7.75. The van der Waals surface area contributed by atoms with Crippen LogP contribution in [-0.2, 0) is 26.2 Å². The largest absolute Gasteiger partial charge is 0.490 e. The molecule has 2 aromatic carbocycles. The van der Waals surface area contributed by atoms with Crippen molar-refractivity contribution in [3.63, 3.8) is 0 Å². The minimum Gasteiger partial charge on any atom is -0.490 e. The molecule has 0 aliphatic carbocycles. The van der Waals surface area contributed by atoms with Crippen molar-refractivity contribution in [3.8, 4) is 11.5 Å². The molecular weight excluding hydrogens is 747 g/mol. The van der Waals surface area contributed by atoms with E-state index in [-0.39, 0.29) is 41.8 Å². The van der Waals surface area contributed by atoms with Gasteiger partial charge in [-0.15, -0.1) is 0 Å². The van der Waals surface area contributed by atoms with Gasteiger partial charge < -0.3 is 35.4 Å². The van der Waals surface area contributed by atoms with Gasteiger partial charge in [-0.25, -0.2) is 9.97 Å². The molecule has 2 aliphatic rings. The van der Waals surface area contributed by atoms with Crippen molar-refractivity contribution in [2.24, 2.45) is 11.5 Å². The van der Waals surface area contributed by atoms with Crippen LogP contribution in [0.3, 0.4) is 0 Å². The highest BCUT2D eigenvalue weighted by molar-refractivity contribution is 6.05. The Morgan fingerprint density at radius 2 is 1.26 bits per heavy atom. The molecule has 302 valence electrons. The van der Waals surface area contributed by atoms with Crippen LogP contribution in [0.15, 0.2) is 36.4 Å². The lowest BCUT2D eigenvalue weighted by atomic mass is 10.1. The van der Waals surface area contributed by atoms with Crippen molar-refractivity contribution in [2.75, 3.05) is 23.8 Å². The molecule has 19 heteroatoms. The SMILES string of the molecule is CCn1nc(C)cc1C(=O)Nc1nc2cc(C(N)=O)cc3c2n1CCCCn1c(NC(=O)c2cc(C)nn2CC)nc2cc(C(N)=O)cc(c21)O[C@H]1CN[C@@H](CO3)C1. The number of aryl methyl sites for hydroxylation is 6. The Labute approximate surface area is 332 Å². The third kappa shape index (κ3) is 7.19. The fourth-order valence-electron chi connectivity index (χ4n) is 7.75. The second kappa shape index (κ2) is 15.3. The zero-order chi connectivity index (χ0) is 40.8. The van der Waals surface area contributed by atoms with E-state index in [1.807, 2.05) is 36.8 Å². The van der Waals surface area contributed by atoms with Crippen molar-refractivity contribution < 1.29 is 28.7 Å². The Morgan fingerprint density at radius 1 is 0.759 bits per heavy atom. The number of primary amides is 2. The maximum absolute atomic E-state index is 13.8. The van der Waals surface area contributed by atoms with Gasteiger partial charge in [-0.2, -0.15) is 10.2 Å². The van der Waals surface area contributed by atoms with E-state index in [0.717, 1.165) is 0 Å². The van der Waals surface area contributed by atoms with Crippen LogP contribution in [-0.4, -0.2) is 87.6 Å². The number of aromatic nitrogens is 8. The molecule has 7 N–H and O–H groups in total. The quantitative estimate of drug-likeness (QED) is 0.150. The number of ether oxygens (including phenoxy) is 2. The number of nitrogens with zero attached hydrogens (tertiary/aromatic N) is 8. The summed E-state index contributed by atoms with van der Waals surface area (Å²) >= 11 is 0. The number of imidazole rings is 2. The molecule has 19 nitrogen and oxygen atoms in total. The molecule has 58 heavy (non-hydrogen) atoms. The van der Waals surface area contributed by atoms with Crippen LogP contribution in [0, 0.1) is 13.8 Å². The summed E-state index contributed by atoms with van der Waals surface area (Å²) in [5.74, 6) is -0.796. The van der Waals surface area contributed by atoms with Crippen LogP contribution < -0.4 is 36.9 Å². The molecule has 6 aromatic rings. The first-order valence-corrected chi connectivity index (χ1v) is 19.3. The third-order valence-corrected chi connectivity index (χ3v) is 10.4. The first kappa shape index (κ1) is 38.1. The zero-order valence-corrected chi connectivity index (χ0v) is 32.7. The van der Waals surface area contributed by atoms with Crippen molar-refractivity contribution in [1.29, 1.82) is 0 Å². The minimum atomic E-state index is -0.651. The highest BCUT2D eigenvalue weighted by Crippen LogP contribution is 2.35. The molecule has 2 bridgehead atoms. The number of nitrogens with two attached hydrogens (primary N) is 2. The number of carbonyl (C=O) groups is 4. The van der Waals surface area contributed by atoms with Crippen LogP contribution in [0.5, 0.6) is 11.5 Å². The molecule has 2 atom stereocenters. The fraction of sp³-hybridized carbons (Fsp3) is 0.385. The molecule has 8 rings (SSSR count). The van der Waals surface area contributed by atoms with Gasteiger partial charge in [0.25, 0.3) is 11.8 Å². The summed E-state index contributed by atoms with van der Waals surface area (Å²) in [4.78, 5) is 62.2. The van der Waals surface area contributed by atoms with Gasteiger partial charge in [-0.3, -0.25) is 39.2 Å². The van der Waals surface area contributed by atoms with E-state index in [1.54, 1.807) is 45.8 Å². The molecule has 0 spiro atoms. The summed E-state index contributed by atoms with van der Waals surface area (Å²) < 4.78 is 20.1. The van der Waals surface area contributed by atoms with Gasteiger partial charge in [-0.1, -0.05) is 0 Å². The Kier molecular flexibility index (Phi) is 10.1. The molecule has 4 aromatic heterocycles. The molecular formula is C39H45N13O6. The molecule has 0 radical (unpaired) electrons. The first-order chi connectivity index (χ1) is 27.9. The van der Waals surface area contributed by atoms with E-state index in [4.69, 9.17) is 30.9 Å². The maximum Gasteiger partial charge on any atom is 0.276 e.